The molecule has 1 aliphatic rings. The van der Waals surface area contributed by atoms with Crippen LogP contribution in [0.4, 0.5) is 0 Å². The van der Waals surface area contributed by atoms with Crippen LogP contribution in [0.2, 0.25) is 0 Å². The lowest BCUT2D eigenvalue weighted by Gasteiger charge is -2.28. The van der Waals surface area contributed by atoms with Gasteiger partial charge < -0.3 is 31.5 Å². The summed E-state index contributed by atoms with van der Waals surface area (Å²) >= 11 is 3.91. The van der Waals surface area contributed by atoms with Crippen molar-refractivity contribution >= 4 is 36.3 Å². The minimum Gasteiger partial charge on any atom is -0.480 e. The zero-order valence-corrected chi connectivity index (χ0v) is 14.7. The van der Waals surface area contributed by atoms with E-state index in [4.69, 9.17) is 15.9 Å². The Morgan fingerprint density at radius 1 is 1.32 bits per heavy atom. The molecule has 0 aliphatic carbocycles. The summed E-state index contributed by atoms with van der Waals surface area (Å²) in [5.41, 5.74) is 5.54. The summed E-state index contributed by atoms with van der Waals surface area (Å²) in [5, 5.41) is 22.5. The topological polar surface area (TPSA) is 162 Å². The molecular weight excluding hydrogens is 352 g/mol. The van der Waals surface area contributed by atoms with E-state index in [0.29, 0.717) is 19.4 Å². The van der Waals surface area contributed by atoms with Crippen LogP contribution in [-0.4, -0.2) is 81.9 Å². The van der Waals surface area contributed by atoms with E-state index in [9.17, 15) is 19.2 Å². The van der Waals surface area contributed by atoms with Crippen LogP contribution < -0.4 is 16.4 Å². The first kappa shape index (κ1) is 21.2. The zero-order valence-electron chi connectivity index (χ0n) is 13.8. The van der Waals surface area contributed by atoms with E-state index in [1.54, 1.807) is 0 Å². The number of aliphatic hydroxyl groups is 1. The van der Waals surface area contributed by atoms with Gasteiger partial charge in [-0.3, -0.25) is 14.4 Å². The second kappa shape index (κ2) is 9.59. The Hall–Kier alpha value is -1.85. The maximum atomic E-state index is 12.5. The summed E-state index contributed by atoms with van der Waals surface area (Å²) in [6.45, 7) is 1.04. The fourth-order valence-electron chi connectivity index (χ4n) is 2.47. The highest BCUT2D eigenvalue weighted by Crippen LogP contribution is 2.18. The van der Waals surface area contributed by atoms with E-state index < -0.39 is 54.5 Å². The highest BCUT2D eigenvalue weighted by molar-refractivity contribution is 7.80. The maximum Gasteiger partial charge on any atom is 0.328 e. The van der Waals surface area contributed by atoms with Crippen LogP contribution in [0.25, 0.3) is 0 Å². The molecule has 0 spiro atoms. The standard InChI is InChI=1S/C14H24N4O6S/c1-7(16-11(20)8(15)6-25)13(22)18-4-2-3-10(18)12(21)17-9(5-19)14(23)24/h7-10,19,25H,2-6,15H2,1H3,(H,16,20)(H,17,21)(H,23,24). The molecule has 0 radical (unpaired) electrons. The molecule has 3 amide bonds. The van der Waals surface area contributed by atoms with E-state index in [1.807, 2.05) is 0 Å². The number of carboxylic acid groups (broad SMARTS) is 1. The predicted molar refractivity (Wildman–Crippen MR) is 90.8 cm³/mol. The molecule has 0 saturated carbocycles. The molecule has 0 aromatic rings. The molecule has 1 saturated heterocycles. The minimum atomic E-state index is -1.43. The summed E-state index contributed by atoms with van der Waals surface area (Å²) in [7, 11) is 0. The van der Waals surface area contributed by atoms with Crippen molar-refractivity contribution in [1.82, 2.24) is 15.5 Å². The fourth-order valence-corrected chi connectivity index (χ4v) is 2.64. The molecule has 1 fully saturated rings. The molecule has 25 heavy (non-hydrogen) atoms. The van der Waals surface area contributed by atoms with Crippen molar-refractivity contribution in [2.24, 2.45) is 5.73 Å². The van der Waals surface area contributed by atoms with Gasteiger partial charge in [-0.2, -0.15) is 12.6 Å². The van der Waals surface area contributed by atoms with Crippen molar-refractivity contribution in [2.75, 3.05) is 18.9 Å². The number of rotatable bonds is 8. The summed E-state index contributed by atoms with van der Waals surface area (Å²) in [6, 6.07) is -4.02. The molecule has 142 valence electrons. The van der Waals surface area contributed by atoms with Crippen LogP contribution >= 0.6 is 12.6 Å². The number of carboxylic acids is 1. The first-order valence-electron chi connectivity index (χ1n) is 7.84. The molecule has 0 aromatic carbocycles. The normalized spacial score (nSPS) is 20.5. The van der Waals surface area contributed by atoms with Gasteiger partial charge in [0.25, 0.3) is 0 Å². The average Bonchev–Trinajstić information content (AvgIpc) is 3.07. The zero-order chi connectivity index (χ0) is 19.1. The molecule has 10 nitrogen and oxygen atoms in total. The van der Waals surface area contributed by atoms with Gasteiger partial charge in [-0.1, -0.05) is 0 Å². The van der Waals surface area contributed by atoms with E-state index in [-0.39, 0.29) is 5.75 Å². The molecule has 4 atom stereocenters. The van der Waals surface area contributed by atoms with Gasteiger partial charge in [-0.15, -0.1) is 0 Å². The maximum absolute atomic E-state index is 12.5. The molecule has 0 bridgehead atoms. The van der Waals surface area contributed by atoms with Gasteiger partial charge in [0.2, 0.25) is 17.7 Å². The van der Waals surface area contributed by atoms with Crippen molar-refractivity contribution in [2.45, 2.75) is 43.9 Å². The monoisotopic (exact) mass is 376 g/mol. The van der Waals surface area contributed by atoms with Crippen molar-refractivity contribution in [3.63, 3.8) is 0 Å². The van der Waals surface area contributed by atoms with E-state index >= 15 is 0 Å². The number of nitrogens with one attached hydrogen (secondary N) is 2. The lowest BCUT2D eigenvalue weighted by Crippen LogP contribution is -2.56. The predicted octanol–water partition coefficient (Wildman–Crippen LogP) is -2.70. The highest BCUT2D eigenvalue weighted by Gasteiger charge is 2.37. The van der Waals surface area contributed by atoms with Crippen LogP contribution in [0.3, 0.4) is 0 Å². The third-order valence-corrected chi connectivity index (χ3v) is 4.29. The van der Waals surface area contributed by atoms with Gasteiger partial charge in [0.05, 0.1) is 12.6 Å². The number of carbonyl (C=O) groups is 4. The van der Waals surface area contributed by atoms with Crippen LogP contribution in [0.15, 0.2) is 0 Å². The van der Waals surface area contributed by atoms with Crippen molar-refractivity contribution < 1.29 is 29.4 Å². The van der Waals surface area contributed by atoms with Gasteiger partial charge in [0.15, 0.2) is 0 Å². The number of thiol groups is 1. The van der Waals surface area contributed by atoms with Crippen LogP contribution in [0.5, 0.6) is 0 Å². The SMILES string of the molecule is CC(NC(=O)C(N)CS)C(=O)N1CCCC1C(=O)NC(CO)C(=O)O. The Bertz CT molecular complexity index is 531. The first-order chi connectivity index (χ1) is 11.7. The van der Waals surface area contributed by atoms with Crippen molar-refractivity contribution in [3.05, 3.63) is 0 Å². The molecule has 6 N–H and O–H groups in total. The Balaban J connectivity index is 2.72. The van der Waals surface area contributed by atoms with E-state index in [0.717, 1.165) is 0 Å². The first-order valence-corrected chi connectivity index (χ1v) is 8.47. The Labute approximate surface area is 150 Å². The second-order valence-electron chi connectivity index (χ2n) is 5.79. The second-order valence-corrected chi connectivity index (χ2v) is 6.16. The quantitative estimate of drug-likeness (QED) is 0.251. The number of amides is 3. The largest absolute Gasteiger partial charge is 0.480 e. The third-order valence-electron chi connectivity index (χ3n) is 3.90. The number of likely N-dealkylation sites (tertiary alicyclic amines) is 1. The summed E-state index contributed by atoms with van der Waals surface area (Å²) in [6.07, 6.45) is 0.934. The number of hydrogen-bond donors (Lipinski definition) is 6. The van der Waals surface area contributed by atoms with Crippen LogP contribution in [0.1, 0.15) is 19.8 Å². The molecule has 1 aliphatic heterocycles. The number of hydrogen-bond acceptors (Lipinski definition) is 7. The molecule has 11 heteroatoms. The smallest absolute Gasteiger partial charge is 0.328 e. The van der Waals surface area contributed by atoms with Gasteiger partial charge in [-0.05, 0) is 19.8 Å². The number of nitrogens with two attached hydrogens (primary N) is 1. The van der Waals surface area contributed by atoms with Gasteiger partial charge in [0.1, 0.15) is 18.1 Å². The van der Waals surface area contributed by atoms with E-state index in [2.05, 4.69) is 23.3 Å². The fraction of sp³-hybridized carbons (Fsp3) is 0.714. The average molecular weight is 376 g/mol. The van der Waals surface area contributed by atoms with Crippen molar-refractivity contribution in [3.8, 4) is 0 Å². The number of carbonyl (C=O) groups excluding carboxylic acids is 3. The van der Waals surface area contributed by atoms with Gasteiger partial charge in [-0.25, -0.2) is 4.79 Å². The number of nitrogens with zero attached hydrogens (tertiary/aromatic N) is 1. The summed E-state index contributed by atoms with van der Waals surface area (Å²) in [4.78, 5) is 48.7. The highest BCUT2D eigenvalue weighted by atomic mass is 32.1. The minimum absolute atomic E-state index is 0.124. The van der Waals surface area contributed by atoms with Gasteiger partial charge >= 0.3 is 5.97 Å². The number of aliphatic hydroxyl groups excluding tert-OH is 1. The van der Waals surface area contributed by atoms with Gasteiger partial charge in [0, 0.05) is 12.3 Å². The lowest BCUT2D eigenvalue weighted by molar-refractivity contribution is -0.145. The van der Waals surface area contributed by atoms with Crippen molar-refractivity contribution in [1.29, 1.82) is 0 Å². The Morgan fingerprint density at radius 3 is 2.48 bits per heavy atom. The number of aliphatic carboxylic acids is 1. The molecule has 1 rings (SSSR count). The Morgan fingerprint density at radius 2 is 1.96 bits per heavy atom. The molecular formula is C14H24N4O6S. The molecule has 1 heterocycles. The molecule has 4 unspecified atom stereocenters. The summed E-state index contributed by atoms with van der Waals surface area (Å²) < 4.78 is 0. The third kappa shape index (κ3) is 5.58. The lowest BCUT2D eigenvalue weighted by atomic mass is 10.1. The van der Waals surface area contributed by atoms with Crippen LogP contribution in [-0.2, 0) is 19.2 Å². The van der Waals surface area contributed by atoms with E-state index in [1.165, 1.54) is 11.8 Å². The Kier molecular flexibility index (Phi) is 8.13. The summed E-state index contributed by atoms with van der Waals surface area (Å²) in [5.74, 6) is -2.89. The van der Waals surface area contributed by atoms with Crippen LogP contribution in [0, 0.1) is 0 Å². The molecule has 0 aromatic heterocycles.